The molecule has 0 atom stereocenters. The van der Waals surface area contributed by atoms with Crippen LogP contribution in [0.25, 0.3) is 23.0 Å². The molecule has 0 aliphatic carbocycles. The number of rotatable bonds is 6. The van der Waals surface area contributed by atoms with Gasteiger partial charge in [-0.25, -0.2) is 4.68 Å². The Labute approximate surface area is 207 Å². The molecule has 2 heterocycles. The maximum Gasteiger partial charge on any atom is 0.270 e. The summed E-state index contributed by atoms with van der Waals surface area (Å²) in [4.78, 5) is 15.4. The largest absolute Gasteiger partial charge is 0.494 e. The lowest BCUT2D eigenvalue weighted by molar-refractivity contribution is -0.113. The third kappa shape index (κ3) is 4.40. The van der Waals surface area contributed by atoms with Crippen LogP contribution in [0.5, 0.6) is 5.75 Å². The molecule has 1 fully saturated rings. The van der Waals surface area contributed by atoms with Crippen molar-refractivity contribution in [1.82, 2.24) is 9.78 Å². The van der Waals surface area contributed by atoms with Crippen molar-refractivity contribution >= 4 is 46.0 Å². The zero-order valence-electron chi connectivity index (χ0n) is 18.4. The van der Waals surface area contributed by atoms with Crippen LogP contribution in [0.3, 0.4) is 0 Å². The summed E-state index contributed by atoms with van der Waals surface area (Å²) < 4.78 is 7.93. The van der Waals surface area contributed by atoms with E-state index in [4.69, 9.17) is 22.1 Å². The van der Waals surface area contributed by atoms with E-state index in [0.29, 0.717) is 15.8 Å². The third-order valence-electron chi connectivity index (χ3n) is 5.30. The first-order chi connectivity index (χ1) is 16.6. The predicted molar refractivity (Wildman–Crippen MR) is 142 cm³/mol. The number of carbonyl (C=O) groups is 1. The minimum atomic E-state index is -0.133. The summed E-state index contributed by atoms with van der Waals surface area (Å²) in [6.07, 6.45) is 3.82. The van der Waals surface area contributed by atoms with Crippen molar-refractivity contribution in [2.75, 3.05) is 11.5 Å². The number of aromatic nitrogens is 2. The molecule has 1 saturated heterocycles. The quantitative estimate of drug-likeness (QED) is 0.236. The zero-order chi connectivity index (χ0) is 23.5. The second-order valence-electron chi connectivity index (χ2n) is 7.52. The van der Waals surface area contributed by atoms with Crippen LogP contribution in [0.1, 0.15) is 12.5 Å². The van der Waals surface area contributed by atoms with Crippen LogP contribution < -0.4 is 9.64 Å². The van der Waals surface area contributed by atoms with E-state index in [0.717, 1.165) is 33.9 Å². The van der Waals surface area contributed by atoms with Crippen LogP contribution in [0.2, 0.25) is 0 Å². The smallest absolute Gasteiger partial charge is 0.270 e. The molecule has 3 aromatic carbocycles. The lowest BCUT2D eigenvalue weighted by Gasteiger charge is -2.13. The first-order valence-corrected chi connectivity index (χ1v) is 12.1. The second kappa shape index (κ2) is 9.67. The van der Waals surface area contributed by atoms with Gasteiger partial charge < -0.3 is 4.74 Å². The van der Waals surface area contributed by atoms with Crippen molar-refractivity contribution in [3.05, 3.63) is 102 Å². The highest BCUT2D eigenvalue weighted by atomic mass is 32.2. The molecular weight excluding hydrogens is 462 g/mol. The van der Waals surface area contributed by atoms with Gasteiger partial charge in [0.05, 0.1) is 28.6 Å². The molecule has 0 unspecified atom stereocenters. The second-order valence-corrected chi connectivity index (χ2v) is 9.20. The maximum absolute atomic E-state index is 13.3. The van der Waals surface area contributed by atoms with E-state index in [1.165, 1.54) is 11.8 Å². The Morgan fingerprint density at radius 1 is 0.941 bits per heavy atom. The average Bonchev–Trinajstić information content (AvgIpc) is 3.41. The van der Waals surface area contributed by atoms with Crippen LogP contribution in [0, 0.1) is 0 Å². The van der Waals surface area contributed by atoms with Gasteiger partial charge in [0.25, 0.3) is 5.91 Å². The van der Waals surface area contributed by atoms with Crippen molar-refractivity contribution in [1.29, 1.82) is 0 Å². The number of thioether (sulfide) groups is 1. The number of benzene rings is 3. The van der Waals surface area contributed by atoms with Gasteiger partial charge in [0.15, 0.2) is 4.32 Å². The summed E-state index contributed by atoms with van der Waals surface area (Å²) in [5.41, 5.74) is 4.24. The summed E-state index contributed by atoms with van der Waals surface area (Å²) in [6.45, 7) is 2.57. The summed E-state index contributed by atoms with van der Waals surface area (Å²) in [5.74, 6) is 0.672. The van der Waals surface area contributed by atoms with Crippen molar-refractivity contribution in [2.24, 2.45) is 0 Å². The molecule has 0 bridgehead atoms. The molecule has 0 radical (unpaired) electrons. The molecule has 34 heavy (non-hydrogen) atoms. The van der Waals surface area contributed by atoms with Crippen molar-refractivity contribution in [3.8, 4) is 22.7 Å². The van der Waals surface area contributed by atoms with Crippen LogP contribution in [0.15, 0.2) is 96.0 Å². The van der Waals surface area contributed by atoms with Crippen molar-refractivity contribution < 1.29 is 9.53 Å². The van der Waals surface area contributed by atoms with Gasteiger partial charge in [-0.15, -0.1) is 0 Å². The van der Waals surface area contributed by atoms with Crippen molar-refractivity contribution in [2.45, 2.75) is 6.92 Å². The number of hydrogen-bond donors (Lipinski definition) is 0. The van der Waals surface area contributed by atoms with E-state index in [1.807, 2.05) is 109 Å². The number of thiocarbonyl (C=S) groups is 1. The fraction of sp³-hybridized carbons (Fsp3) is 0.0741. The normalized spacial score (nSPS) is 14.7. The molecular formula is C27H21N3O2S2. The fourth-order valence-electron chi connectivity index (χ4n) is 3.71. The number of para-hydroxylation sites is 2. The topological polar surface area (TPSA) is 47.4 Å². The number of anilines is 1. The van der Waals surface area contributed by atoms with Crippen LogP contribution >= 0.6 is 24.0 Å². The van der Waals surface area contributed by atoms with E-state index >= 15 is 0 Å². The van der Waals surface area contributed by atoms with E-state index in [1.54, 1.807) is 4.90 Å². The fourth-order valence-corrected chi connectivity index (χ4v) is 5.00. The molecule has 1 aliphatic rings. The molecule has 1 amide bonds. The SMILES string of the molecule is CCOc1ccc(-c2nn(-c3ccccc3)cc2C=C2SC(=S)N(c3ccccc3)C2=O)cc1. The Morgan fingerprint density at radius 3 is 2.24 bits per heavy atom. The van der Waals surface area contributed by atoms with Gasteiger partial charge in [0, 0.05) is 17.3 Å². The first kappa shape index (κ1) is 22.1. The highest BCUT2D eigenvalue weighted by Gasteiger charge is 2.33. The number of carbonyl (C=O) groups excluding carboxylic acids is 1. The van der Waals surface area contributed by atoms with Gasteiger partial charge in [-0.1, -0.05) is 60.4 Å². The predicted octanol–water partition coefficient (Wildman–Crippen LogP) is 6.34. The first-order valence-electron chi connectivity index (χ1n) is 10.9. The van der Waals surface area contributed by atoms with Crippen LogP contribution in [-0.2, 0) is 4.79 Å². The molecule has 5 nitrogen and oxygen atoms in total. The van der Waals surface area contributed by atoms with Gasteiger partial charge >= 0.3 is 0 Å². The Hall–Kier alpha value is -3.68. The van der Waals surface area contributed by atoms with Gasteiger partial charge in [-0.2, -0.15) is 5.10 Å². The molecule has 1 aliphatic heterocycles. The minimum Gasteiger partial charge on any atom is -0.494 e. The molecule has 0 saturated carbocycles. The molecule has 0 N–H and O–H groups in total. The van der Waals surface area contributed by atoms with E-state index in [-0.39, 0.29) is 5.91 Å². The Balaban J connectivity index is 1.56. The van der Waals surface area contributed by atoms with E-state index < -0.39 is 0 Å². The number of ether oxygens (including phenoxy) is 1. The summed E-state index contributed by atoms with van der Waals surface area (Å²) in [7, 11) is 0. The Kier molecular flexibility index (Phi) is 6.29. The highest BCUT2D eigenvalue weighted by Crippen LogP contribution is 2.37. The molecule has 1 aromatic heterocycles. The standard InChI is InChI=1S/C27H21N3O2S2/c1-2-32-23-15-13-19(14-16-23)25-20(18-29(28-25)21-9-5-3-6-10-21)17-24-26(31)30(27(33)34-24)22-11-7-4-8-12-22/h3-18H,2H2,1H3. The molecule has 168 valence electrons. The van der Waals surface area contributed by atoms with Gasteiger partial charge in [-0.05, 0) is 61.5 Å². The summed E-state index contributed by atoms with van der Waals surface area (Å²) in [6, 6.07) is 27.2. The minimum absolute atomic E-state index is 0.133. The Bertz CT molecular complexity index is 1360. The molecule has 0 spiro atoms. The zero-order valence-corrected chi connectivity index (χ0v) is 20.1. The van der Waals surface area contributed by atoms with Gasteiger partial charge in [0.1, 0.15) is 5.75 Å². The summed E-state index contributed by atoms with van der Waals surface area (Å²) in [5, 5.41) is 4.85. The van der Waals surface area contributed by atoms with E-state index in [9.17, 15) is 4.79 Å². The molecule has 4 aromatic rings. The van der Waals surface area contributed by atoms with Gasteiger partial charge in [0.2, 0.25) is 0 Å². The molecule has 7 heteroatoms. The number of amides is 1. The highest BCUT2D eigenvalue weighted by molar-refractivity contribution is 8.27. The lowest BCUT2D eigenvalue weighted by Crippen LogP contribution is -2.27. The van der Waals surface area contributed by atoms with Crippen LogP contribution in [-0.4, -0.2) is 26.6 Å². The van der Waals surface area contributed by atoms with Crippen LogP contribution in [0.4, 0.5) is 5.69 Å². The molecule has 5 rings (SSSR count). The monoisotopic (exact) mass is 483 g/mol. The lowest BCUT2D eigenvalue weighted by atomic mass is 10.1. The Morgan fingerprint density at radius 2 is 1.59 bits per heavy atom. The third-order valence-corrected chi connectivity index (χ3v) is 6.60. The van der Waals surface area contributed by atoms with Gasteiger partial charge in [-0.3, -0.25) is 9.69 Å². The number of hydrogen-bond acceptors (Lipinski definition) is 5. The summed E-state index contributed by atoms with van der Waals surface area (Å²) >= 11 is 6.83. The van der Waals surface area contributed by atoms with E-state index in [2.05, 4.69) is 0 Å². The number of nitrogens with zero attached hydrogens (tertiary/aromatic N) is 3. The average molecular weight is 484 g/mol. The maximum atomic E-state index is 13.3. The van der Waals surface area contributed by atoms with Crippen molar-refractivity contribution in [3.63, 3.8) is 0 Å².